The van der Waals surface area contributed by atoms with Crippen LogP contribution in [0.1, 0.15) is 39.0 Å². The molecule has 21 heavy (non-hydrogen) atoms. The van der Waals surface area contributed by atoms with E-state index in [0.29, 0.717) is 19.3 Å². The Kier molecular flexibility index (Phi) is 4.75. The summed E-state index contributed by atoms with van der Waals surface area (Å²) in [7, 11) is 0. The first-order chi connectivity index (χ1) is 9.79. The van der Waals surface area contributed by atoms with Gasteiger partial charge in [-0.2, -0.15) is 13.2 Å². The van der Waals surface area contributed by atoms with Gasteiger partial charge in [-0.15, -0.1) is 0 Å². The molecule has 1 saturated carbocycles. The third-order valence-corrected chi connectivity index (χ3v) is 4.87. The lowest BCUT2D eigenvalue weighted by atomic mass is 9.90. The van der Waals surface area contributed by atoms with Crippen molar-refractivity contribution in [3.05, 3.63) is 0 Å². The molecule has 4 nitrogen and oxygen atoms in total. The number of nitrogens with one attached hydrogen (secondary N) is 1. The molecular formula is C13H19F3N2O2S. The van der Waals surface area contributed by atoms with Gasteiger partial charge in [-0.3, -0.25) is 9.59 Å². The van der Waals surface area contributed by atoms with E-state index in [-0.39, 0.29) is 35.9 Å². The van der Waals surface area contributed by atoms with Gasteiger partial charge >= 0.3 is 5.51 Å². The van der Waals surface area contributed by atoms with Gasteiger partial charge in [0.2, 0.25) is 11.8 Å². The van der Waals surface area contributed by atoms with Crippen molar-refractivity contribution in [1.82, 2.24) is 10.2 Å². The monoisotopic (exact) mass is 324 g/mol. The van der Waals surface area contributed by atoms with Crippen LogP contribution in [-0.2, 0) is 9.59 Å². The standard InChI is InChI=1S/C13H19F3N2O2S/c1-2-9-10(19)17-12(5-3-4-6-12)11(20)18(9)7-8-21-13(14,15)16/h9H,2-8H2,1H3,(H,17,19). The van der Waals surface area contributed by atoms with Gasteiger partial charge in [0.15, 0.2) is 0 Å². The number of hydrogen-bond donors (Lipinski definition) is 1. The molecule has 1 aliphatic carbocycles. The zero-order valence-electron chi connectivity index (χ0n) is 11.8. The van der Waals surface area contributed by atoms with Crippen molar-refractivity contribution >= 4 is 23.6 Å². The Hall–Kier alpha value is -0.920. The summed E-state index contributed by atoms with van der Waals surface area (Å²) in [6, 6.07) is -0.655. The first-order valence-electron chi connectivity index (χ1n) is 7.13. The third kappa shape index (κ3) is 3.46. The number of carbonyl (C=O) groups excluding carboxylic acids is 2. The second kappa shape index (κ2) is 6.06. The first kappa shape index (κ1) is 16.5. The summed E-state index contributed by atoms with van der Waals surface area (Å²) in [6.45, 7) is 1.71. The molecule has 1 spiro atoms. The third-order valence-electron chi connectivity index (χ3n) is 4.15. The van der Waals surface area contributed by atoms with Gasteiger partial charge in [0, 0.05) is 12.3 Å². The van der Waals surface area contributed by atoms with Gasteiger partial charge in [-0.1, -0.05) is 19.8 Å². The fourth-order valence-corrected chi connectivity index (χ4v) is 3.69. The number of amides is 2. The molecule has 120 valence electrons. The Balaban J connectivity index is 2.10. The molecule has 1 atom stereocenters. The number of piperazine rings is 1. The molecular weight excluding hydrogens is 305 g/mol. The lowest BCUT2D eigenvalue weighted by Gasteiger charge is -2.44. The summed E-state index contributed by atoms with van der Waals surface area (Å²) in [4.78, 5) is 26.2. The van der Waals surface area contributed by atoms with Gasteiger partial charge < -0.3 is 10.2 Å². The molecule has 0 bridgehead atoms. The Labute approximate surface area is 125 Å². The van der Waals surface area contributed by atoms with Crippen LogP contribution in [0.25, 0.3) is 0 Å². The number of nitrogens with zero attached hydrogens (tertiary/aromatic N) is 1. The molecule has 0 radical (unpaired) electrons. The maximum Gasteiger partial charge on any atom is 0.441 e. The number of thioether (sulfide) groups is 1. The van der Waals surface area contributed by atoms with Crippen LogP contribution in [0.4, 0.5) is 13.2 Å². The fraction of sp³-hybridized carbons (Fsp3) is 0.846. The number of halogens is 3. The van der Waals surface area contributed by atoms with Crippen molar-refractivity contribution in [2.45, 2.75) is 56.1 Å². The minimum Gasteiger partial charge on any atom is -0.340 e. The van der Waals surface area contributed by atoms with E-state index in [0.717, 1.165) is 12.8 Å². The Bertz CT molecular complexity index is 422. The van der Waals surface area contributed by atoms with Gasteiger partial charge in [-0.25, -0.2) is 0 Å². The Morgan fingerprint density at radius 2 is 1.95 bits per heavy atom. The van der Waals surface area contributed by atoms with Crippen molar-refractivity contribution in [2.24, 2.45) is 0 Å². The van der Waals surface area contributed by atoms with E-state index < -0.39 is 17.1 Å². The predicted molar refractivity (Wildman–Crippen MR) is 73.6 cm³/mol. The SMILES string of the molecule is CCC1C(=O)NC2(CCCC2)C(=O)N1CCSC(F)(F)F. The van der Waals surface area contributed by atoms with Crippen molar-refractivity contribution in [3.8, 4) is 0 Å². The summed E-state index contributed by atoms with van der Waals surface area (Å²) >= 11 is -0.152. The predicted octanol–water partition coefficient (Wildman–Crippen LogP) is 2.29. The molecule has 1 heterocycles. The van der Waals surface area contributed by atoms with Crippen LogP contribution in [-0.4, -0.2) is 46.1 Å². The van der Waals surface area contributed by atoms with Crippen molar-refractivity contribution < 1.29 is 22.8 Å². The minimum atomic E-state index is -4.31. The Morgan fingerprint density at radius 3 is 2.48 bits per heavy atom. The first-order valence-corrected chi connectivity index (χ1v) is 8.11. The summed E-state index contributed by atoms with van der Waals surface area (Å²) in [5.74, 6) is -0.694. The lowest BCUT2D eigenvalue weighted by molar-refractivity contribution is -0.154. The highest BCUT2D eigenvalue weighted by Crippen LogP contribution is 2.36. The molecule has 0 aromatic rings. The van der Waals surface area contributed by atoms with Crippen LogP contribution in [0.2, 0.25) is 0 Å². The highest BCUT2D eigenvalue weighted by molar-refractivity contribution is 8.00. The Morgan fingerprint density at radius 1 is 1.33 bits per heavy atom. The van der Waals surface area contributed by atoms with Gasteiger partial charge in [-0.05, 0) is 31.0 Å². The van der Waals surface area contributed by atoms with Crippen LogP contribution >= 0.6 is 11.8 Å². The molecule has 2 fully saturated rings. The number of hydrogen-bond acceptors (Lipinski definition) is 3. The zero-order chi connectivity index (χ0) is 15.7. The smallest absolute Gasteiger partial charge is 0.340 e. The van der Waals surface area contributed by atoms with Crippen molar-refractivity contribution in [2.75, 3.05) is 12.3 Å². The largest absolute Gasteiger partial charge is 0.441 e. The highest BCUT2D eigenvalue weighted by Gasteiger charge is 2.51. The lowest BCUT2D eigenvalue weighted by Crippen LogP contribution is -2.69. The number of rotatable bonds is 4. The molecule has 1 N–H and O–H groups in total. The number of alkyl halides is 3. The highest BCUT2D eigenvalue weighted by atomic mass is 32.2. The summed E-state index contributed by atoms with van der Waals surface area (Å²) < 4.78 is 36.7. The zero-order valence-corrected chi connectivity index (χ0v) is 12.6. The van der Waals surface area contributed by atoms with E-state index in [9.17, 15) is 22.8 Å². The average molecular weight is 324 g/mol. The molecule has 2 aliphatic rings. The van der Waals surface area contributed by atoms with E-state index in [1.165, 1.54) is 4.90 Å². The van der Waals surface area contributed by atoms with E-state index >= 15 is 0 Å². The maximum atomic E-state index is 12.6. The van der Waals surface area contributed by atoms with Crippen LogP contribution in [0, 0.1) is 0 Å². The van der Waals surface area contributed by atoms with E-state index in [1.807, 2.05) is 0 Å². The van der Waals surface area contributed by atoms with E-state index in [4.69, 9.17) is 0 Å². The topological polar surface area (TPSA) is 49.4 Å². The van der Waals surface area contributed by atoms with E-state index in [2.05, 4.69) is 5.32 Å². The second-order valence-electron chi connectivity index (χ2n) is 5.50. The second-order valence-corrected chi connectivity index (χ2v) is 6.66. The van der Waals surface area contributed by atoms with Gasteiger partial charge in [0.1, 0.15) is 11.6 Å². The van der Waals surface area contributed by atoms with Gasteiger partial charge in [0.25, 0.3) is 0 Å². The maximum absolute atomic E-state index is 12.6. The summed E-state index contributed by atoms with van der Waals surface area (Å²) in [6.07, 6.45) is 3.28. The van der Waals surface area contributed by atoms with Gasteiger partial charge in [0.05, 0.1) is 0 Å². The van der Waals surface area contributed by atoms with Crippen molar-refractivity contribution in [3.63, 3.8) is 0 Å². The summed E-state index contributed by atoms with van der Waals surface area (Å²) in [5, 5.41) is 2.82. The quantitative estimate of drug-likeness (QED) is 0.863. The van der Waals surface area contributed by atoms with Crippen LogP contribution in [0.15, 0.2) is 0 Å². The molecule has 8 heteroatoms. The molecule has 0 aromatic heterocycles. The molecule has 2 rings (SSSR count). The molecule has 1 saturated heterocycles. The number of carbonyl (C=O) groups is 2. The normalized spacial score (nSPS) is 25.5. The van der Waals surface area contributed by atoms with E-state index in [1.54, 1.807) is 6.92 Å². The molecule has 1 aliphatic heterocycles. The van der Waals surface area contributed by atoms with Crippen LogP contribution < -0.4 is 5.32 Å². The molecule has 1 unspecified atom stereocenters. The average Bonchev–Trinajstić information content (AvgIpc) is 2.83. The molecule has 2 amide bonds. The summed E-state index contributed by atoms with van der Waals surface area (Å²) in [5.41, 5.74) is -5.18. The molecule has 0 aromatic carbocycles. The van der Waals surface area contributed by atoms with Crippen LogP contribution in [0.5, 0.6) is 0 Å². The minimum absolute atomic E-state index is 0.0450. The van der Waals surface area contributed by atoms with Crippen molar-refractivity contribution in [1.29, 1.82) is 0 Å². The fourth-order valence-electron chi connectivity index (χ4n) is 3.17. The van der Waals surface area contributed by atoms with Crippen LogP contribution in [0.3, 0.4) is 0 Å².